The molecule has 0 aliphatic carbocycles. The molecule has 0 aliphatic heterocycles. The molecule has 5 nitrogen and oxygen atoms in total. The third-order valence-corrected chi connectivity index (χ3v) is 3.42. The van der Waals surface area contributed by atoms with E-state index in [-0.39, 0.29) is 24.5 Å². The predicted molar refractivity (Wildman–Crippen MR) is 83.5 cm³/mol. The van der Waals surface area contributed by atoms with Gasteiger partial charge in [0, 0.05) is 11.2 Å². The quantitative estimate of drug-likeness (QED) is 0.808. The lowest BCUT2D eigenvalue weighted by Crippen LogP contribution is -2.48. The smallest absolute Gasteiger partial charge is 0.323 e. The molecule has 0 saturated heterocycles. The number of aliphatic carboxylic acids is 1. The van der Waals surface area contributed by atoms with E-state index in [0.29, 0.717) is 0 Å². The number of nitrogens with zero attached hydrogens (tertiary/aromatic N) is 1. The first-order valence-corrected chi connectivity index (χ1v) is 7.08. The average molecular weight is 292 g/mol. The van der Waals surface area contributed by atoms with Crippen LogP contribution in [0.4, 0.5) is 5.69 Å². The van der Waals surface area contributed by atoms with E-state index < -0.39 is 5.97 Å². The van der Waals surface area contributed by atoms with E-state index in [0.717, 1.165) is 17.7 Å². The highest BCUT2D eigenvalue weighted by Crippen LogP contribution is 2.15. The first-order valence-electron chi connectivity index (χ1n) is 7.08. The molecule has 0 saturated carbocycles. The van der Waals surface area contributed by atoms with Crippen LogP contribution < -0.4 is 10.2 Å². The van der Waals surface area contributed by atoms with Gasteiger partial charge in [0.15, 0.2) is 0 Å². The molecule has 0 aliphatic rings. The first kappa shape index (κ1) is 17.0. The predicted octanol–water partition coefficient (Wildman–Crippen LogP) is 2.19. The van der Waals surface area contributed by atoms with Crippen molar-refractivity contribution in [1.29, 1.82) is 0 Å². The number of amides is 1. The van der Waals surface area contributed by atoms with Crippen molar-refractivity contribution in [3.05, 3.63) is 29.8 Å². The zero-order valence-corrected chi connectivity index (χ0v) is 13.1. The van der Waals surface area contributed by atoms with Crippen LogP contribution in [0.1, 0.15) is 32.8 Å². The summed E-state index contributed by atoms with van der Waals surface area (Å²) in [6.07, 6.45) is 0.808. The second-order valence-corrected chi connectivity index (χ2v) is 5.87. The van der Waals surface area contributed by atoms with Crippen molar-refractivity contribution in [1.82, 2.24) is 5.32 Å². The van der Waals surface area contributed by atoms with Gasteiger partial charge in [0.25, 0.3) is 0 Å². The normalized spacial score (nSPS) is 11.0. The van der Waals surface area contributed by atoms with Crippen LogP contribution in [0.3, 0.4) is 0 Å². The molecule has 0 aromatic heterocycles. The Balaban J connectivity index is 2.81. The topological polar surface area (TPSA) is 69.6 Å². The summed E-state index contributed by atoms with van der Waals surface area (Å²) in [7, 11) is 0. The highest BCUT2D eigenvalue weighted by Gasteiger charge is 2.20. The van der Waals surface area contributed by atoms with Crippen LogP contribution in [0.2, 0.25) is 0 Å². The van der Waals surface area contributed by atoms with Gasteiger partial charge in [-0.2, -0.15) is 0 Å². The fourth-order valence-corrected chi connectivity index (χ4v) is 1.84. The van der Waals surface area contributed by atoms with Gasteiger partial charge in [0.1, 0.15) is 6.54 Å². The second-order valence-electron chi connectivity index (χ2n) is 5.87. The Morgan fingerprint density at radius 1 is 1.19 bits per heavy atom. The second kappa shape index (κ2) is 7.11. The Hall–Kier alpha value is -2.04. The first-order chi connectivity index (χ1) is 9.73. The van der Waals surface area contributed by atoms with Crippen molar-refractivity contribution < 1.29 is 14.7 Å². The largest absolute Gasteiger partial charge is 0.480 e. The summed E-state index contributed by atoms with van der Waals surface area (Å²) >= 11 is 0. The third kappa shape index (κ3) is 5.85. The molecule has 1 rings (SSSR count). The number of hydrogen-bond acceptors (Lipinski definition) is 3. The van der Waals surface area contributed by atoms with Crippen molar-refractivity contribution in [2.75, 3.05) is 18.0 Å². The lowest BCUT2D eigenvalue weighted by molar-refractivity contribution is -0.135. The van der Waals surface area contributed by atoms with Gasteiger partial charge < -0.3 is 15.3 Å². The molecule has 2 N–H and O–H groups in total. The molecular formula is C16H24N2O3. The maximum absolute atomic E-state index is 12.1. The number of hydrogen-bond donors (Lipinski definition) is 2. The fourth-order valence-electron chi connectivity index (χ4n) is 1.84. The molecule has 1 aromatic rings. The van der Waals surface area contributed by atoms with Gasteiger partial charge >= 0.3 is 5.97 Å². The monoisotopic (exact) mass is 292 g/mol. The minimum atomic E-state index is -0.960. The summed E-state index contributed by atoms with van der Waals surface area (Å²) in [5, 5.41) is 11.9. The highest BCUT2D eigenvalue weighted by atomic mass is 16.4. The fraction of sp³-hybridized carbons (Fsp3) is 0.500. The summed E-state index contributed by atoms with van der Waals surface area (Å²) in [5.74, 6) is -1.14. The van der Waals surface area contributed by atoms with E-state index >= 15 is 0 Å². The van der Waals surface area contributed by atoms with Crippen molar-refractivity contribution in [2.24, 2.45) is 0 Å². The molecule has 0 bridgehead atoms. The lowest BCUT2D eigenvalue weighted by Gasteiger charge is -2.28. The minimum absolute atomic E-state index is 0.0266. The van der Waals surface area contributed by atoms with E-state index in [2.05, 4.69) is 5.32 Å². The van der Waals surface area contributed by atoms with Gasteiger partial charge in [-0.15, -0.1) is 0 Å². The Bertz CT molecular complexity index is 495. The molecule has 5 heteroatoms. The standard InChI is InChI=1S/C16H24N2O3/c1-5-16(3,4)17-14(19)10-18(11-15(20)21)13-8-6-12(2)7-9-13/h6-9H,5,10-11H2,1-4H3,(H,17,19)(H,20,21). The number of aryl methyl sites for hydroxylation is 1. The summed E-state index contributed by atoms with van der Waals surface area (Å²) in [5.41, 5.74) is 1.53. The molecule has 0 heterocycles. The van der Waals surface area contributed by atoms with E-state index in [1.807, 2.05) is 52.0 Å². The van der Waals surface area contributed by atoms with Crippen molar-refractivity contribution in [3.8, 4) is 0 Å². The maximum atomic E-state index is 12.1. The number of carbonyl (C=O) groups excluding carboxylic acids is 1. The highest BCUT2D eigenvalue weighted by molar-refractivity contribution is 5.84. The average Bonchev–Trinajstić information content (AvgIpc) is 2.37. The molecule has 116 valence electrons. The van der Waals surface area contributed by atoms with Crippen LogP contribution in [0.25, 0.3) is 0 Å². The summed E-state index contributed by atoms with van der Waals surface area (Å²) < 4.78 is 0. The van der Waals surface area contributed by atoms with Gasteiger partial charge in [0.2, 0.25) is 5.91 Å². The van der Waals surface area contributed by atoms with Crippen LogP contribution in [0, 0.1) is 6.92 Å². The van der Waals surface area contributed by atoms with Crippen LogP contribution in [-0.4, -0.2) is 35.6 Å². The summed E-state index contributed by atoms with van der Waals surface area (Å²) in [6, 6.07) is 7.46. The number of carbonyl (C=O) groups is 2. The maximum Gasteiger partial charge on any atom is 0.323 e. The lowest BCUT2D eigenvalue weighted by atomic mass is 10.0. The Labute approximate surface area is 126 Å². The van der Waals surface area contributed by atoms with Gasteiger partial charge in [0.05, 0.1) is 6.54 Å². The molecule has 1 amide bonds. The third-order valence-electron chi connectivity index (χ3n) is 3.42. The van der Waals surface area contributed by atoms with Crippen molar-refractivity contribution in [2.45, 2.75) is 39.7 Å². The van der Waals surface area contributed by atoms with E-state index in [1.54, 1.807) is 4.90 Å². The van der Waals surface area contributed by atoms with Gasteiger partial charge in [-0.05, 0) is 39.3 Å². The Morgan fingerprint density at radius 3 is 2.24 bits per heavy atom. The zero-order chi connectivity index (χ0) is 16.0. The molecular weight excluding hydrogens is 268 g/mol. The van der Waals surface area contributed by atoms with E-state index in [1.165, 1.54) is 0 Å². The van der Waals surface area contributed by atoms with Gasteiger partial charge in [-0.3, -0.25) is 9.59 Å². The van der Waals surface area contributed by atoms with Crippen molar-refractivity contribution in [3.63, 3.8) is 0 Å². The number of benzene rings is 1. The number of nitrogens with one attached hydrogen (secondary N) is 1. The zero-order valence-electron chi connectivity index (χ0n) is 13.1. The number of carboxylic acids is 1. The van der Waals surface area contributed by atoms with E-state index in [9.17, 15) is 9.59 Å². The molecule has 0 spiro atoms. The Morgan fingerprint density at radius 2 is 1.76 bits per heavy atom. The van der Waals surface area contributed by atoms with Crippen molar-refractivity contribution >= 4 is 17.6 Å². The van der Waals surface area contributed by atoms with E-state index in [4.69, 9.17) is 5.11 Å². The molecule has 0 radical (unpaired) electrons. The number of anilines is 1. The van der Waals surface area contributed by atoms with Crippen LogP contribution in [0.15, 0.2) is 24.3 Å². The minimum Gasteiger partial charge on any atom is -0.480 e. The number of rotatable bonds is 7. The molecule has 21 heavy (non-hydrogen) atoms. The van der Waals surface area contributed by atoms with Gasteiger partial charge in [-0.1, -0.05) is 24.6 Å². The van der Waals surface area contributed by atoms with Crippen LogP contribution in [0.5, 0.6) is 0 Å². The molecule has 0 atom stereocenters. The molecule has 1 aromatic carbocycles. The van der Waals surface area contributed by atoms with Gasteiger partial charge in [-0.25, -0.2) is 0 Å². The molecule has 0 fully saturated rings. The van der Waals surface area contributed by atoms with Crippen LogP contribution in [-0.2, 0) is 9.59 Å². The molecule has 0 unspecified atom stereocenters. The van der Waals surface area contributed by atoms with Crippen LogP contribution >= 0.6 is 0 Å². The SMILES string of the molecule is CCC(C)(C)NC(=O)CN(CC(=O)O)c1ccc(C)cc1. The number of carboxylic acid groups (broad SMARTS) is 1. The summed E-state index contributed by atoms with van der Waals surface area (Å²) in [6.45, 7) is 7.66. The summed E-state index contributed by atoms with van der Waals surface area (Å²) in [4.78, 5) is 24.7. The Kier molecular flexibility index (Phi) is 5.76.